The molecule has 3 rings (SSSR count). The van der Waals surface area contributed by atoms with Crippen molar-refractivity contribution >= 4 is 22.9 Å². The number of aromatic nitrogens is 3. The van der Waals surface area contributed by atoms with E-state index >= 15 is 0 Å². The molecule has 1 atom stereocenters. The number of para-hydroxylation sites is 2. The number of imidazole rings is 1. The Bertz CT molecular complexity index is 1030. The molecular formula is C23H32N4O4. The van der Waals surface area contributed by atoms with E-state index in [0.717, 1.165) is 28.7 Å². The largest absolute Gasteiger partial charge is 0.416 e. The molecule has 31 heavy (non-hydrogen) atoms. The van der Waals surface area contributed by atoms with Gasteiger partial charge in [-0.25, -0.2) is 19.2 Å². The van der Waals surface area contributed by atoms with Crippen LogP contribution in [0.15, 0.2) is 24.3 Å². The molecule has 8 nitrogen and oxygen atoms in total. The minimum atomic E-state index is -0.441. The summed E-state index contributed by atoms with van der Waals surface area (Å²) in [5.74, 6) is 1.24. The van der Waals surface area contributed by atoms with Crippen molar-refractivity contribution in [3.05, 3.63) is 35.5 Å². The number of hydrogen-bond donors (Lipinski definition) is 0. The van der Waals surface area contributed by atoms with Crippen LogP contribution in [0.25, 0.3) is 16.8 Å². The zero-order chi connectivity index (χ0) is 22.4. The van der Waals surface area contributed by atoms with Crippen molar-refractivity contribution in [1.82, 2.24) is 19.3 Å². The van der Waals surface area contributed by atoms with E-state index in [4.69, 9.17) is 19.2 Å². The smallest absolute Gasteiger partial charge is 0.392 e. The average Bonchev–Trinajstić information content (AvgIpc) is 3.16. The molecule has 0 bridgehead atoms. The first-order valence-electron chi connectivity index (χ1n) is 10.8. The number of hydrogen-bond acceptors (Lipinski definition) is 6. The van der Waals surface area contributed by atoms with Gasteiger partial charge in [-0.3, -0.25) is 0 Å². The lowest BCUT2D eigenvalue weighted by atomic mass is 9.99. The van der Waals surface area contributed by atoms with Crippen LogP contribution in [-0.4, -0.2) is 65.9 Å². The molecule has 0 aliphatic heterocycles. The van der Waals surface area contributed by atoms with Crippen LogP contribution in [-0.2, 0) is 15.9 Å². The second kappa shape index (κ2) is 10.5. The molecule has 8 heteroatoms. The van der Waals surface area contributed by atoms with E-state index in [-0.39, 0.29) is 5.92 Å². The van der Waals surface area contributed by atoms with Crippen LogP contribution in [0, 0.1) is 0 Å². The zero-order valence-electron chi connectivity index (χ0n) is 19.1. The van der Waals surface area contributed by atoms with Crippen molar-refractivity contribution in [2.24, 2.45) is 0 Å². The summed E-state index contributed by atoms with van der Waals surface area (Å²) in [4.78, 5) is 24.3. The van der Waals surface area contributed by atoms with Crippen molar-refractivity contribution in [3.8, 4) is 5.88 Å². The van der Waals surface area contributed by atoms with Gasteiger partial charge in [-0.2, -0.15) is 0 Å². The fraction of sp³-hybridized carbons (Fsp3) is 0.522. The summed E-state index contributed by atoms with van der Waals surface area (Å²) >= 11 is 0. The molecule has 0 saturated carbocycles. The molecule has 168 valence electrons. The quantitative estimate of drug-likeness (QED) is 0.485. The van der Waals surface area contributed by atoms with Gasteiger partial charge in [0.1, 0.15) is 0 Å². The van der Waals surface area contributed by atoms with E-state index in [1.54, 1.807) is 19.1 Å². The maximum Gasteiger partial charge on any atom is 0.416 e. The Morgan fingerprint density at radius 3 is 2.39 bits per heavy atom. The minimum absolute atomic E-state index is 0.218. The van der Waals surface area contributed by atoms with Gasteiger partial charge in [-0.1, -0.05) is 32.9 Å². The molecule has 2 aromatic heterocycles. The number of ether oxygens (including phenoxy) is 3. The van der Waals surface area contributed by atoms with E-state index in [1.165, 1.54) is 0 Å². The maximum absolute atomic E-state index is 13.2. The van der Waals surface area contributed by atoms with Crippen LogP contribution in [0.3, 0.4) is 0 Å². The van der Waals surface area contributed by atoms with Gasteiger partial charge in [0, 0.05) is 32.9 Å². The summed E-state index contributed by atoms with van der Waals surface area (Å²) in [5.41, 5.74) is 3.53. The predicted octanol–water partition coefficient (Wildman–Crippen LogP) is 4.05. The third-order valence-electron chi connectivity index (χ3n) is 5.54. The zero-order valence-corrected chi connectivity index (χ0v) is 19.1. The van der Waals surface area contributed by atoms with Crippen molar-refractivity contribution < 1.29 is 19.0 Å². The fourth-order valence-electron chi connectivity index (χ4n) is 3.59. The first-order chi connectivity index (χ1) is 15.0. The highest BCUT2D eigenvalue weighted by Crippen LogP contribution is 2.32. The fourth-order valence-corrected chi connectivity index (χ4v) is 3.59. The van der Waals surface area contributed by atoms with Crippen molar-refractivity contribution in [2.75, 3.05) is 40.5 Å². The van der Waals surface area contributed by atoms with Crippen LogP contribution in [0.5, 0.6) is 5.88 Å². The SMILES string of the molecule is CCc1c(C(C)CC)nc2nc3ccccc3n2c1OC(=O)N(CCOC)CCOC. The number of benzene rings is 1. The molecule has 0 fully saturated rings. The number of amides is 1. The lowest BCUT2D eigenvalue weighted by Gasteiger charge is -2.23. The summed E-state index contributed by atoms with van der Waals surface area (Å²) in [6.45, 7) is 7.97. The third-order valence-corrected chi connectivity index (χ3v) is 5.54. The Balaban J connectivity index is 2.14. The number of rotatable bonds is 10. The molecule has 0 aliphatic rings. The molecule has 0 radical (unpaired) electrons. The molecule has 0 aliphatic carbocycles. The van der Waals surface area contributed by atoms with Crippen LogP contribution in [0.1, 0.15) is 44.4 Å². The standard InChI is InChI=1S/C23H32N4O4/c1-6-16(3)20-17(7-2)21(31-23(28)26(12-14-29-4)13-15-30-5)27-19-11-9-8-10-18(19)24-22(27)25-20/h8-11,16H,6-7,12-15H2,1-5H3. The number of nitrogens with zero attached hydrogens (tertiary/aromatic N) is 4. The van der Waals surface area contributed by atoms with Gasteiger partial charge in [0.05, 0.1) is 29.9 Å². The summed E-state index contributed by atoms with van der Waals surface area (Å²) in [6.07, 6.45) is 1.18. The van der Waals surface area contributed by atoms with Gasteiger partial charge in [0.25, 0.3) is 0 Å². The van der Waals surface area contributed by atoms with E-state index < -0.39 is 6.09 Å². The van der Waals surface area contributed by atoms with Crippen LogP contribution >= 0.6 is 0 Å². The lowest BCUT2D eigenvalue weighted by molar-refractivity contribution is 0.100. The summed E-state index contributed by atoms with van der Waals surface area (Å²) in [7, 11) is 3.22. The monoisotopic (exact) mass is 428 g/mol. The van der Waals surface area contributed by atoms with Gasteiger partial charge in [0.15, 0.2) is 0 Å². The molecular weight excluding hydrogens is 396 g/mol. The molecule has 0 N–H and O–H groups in total. The molecule has 3 aromatic rings. The van der Waals surface area contributed by atoms with Crippen LogP contribution in [0.2, 0.25) is 0 Å². The highest BCUT2D eigenvalue weighted by atomic mass is 16.6. The van der Waals surface area contributed by atoms with Gasteiger partial charge in [-0.05, 0) is 30.9 Å². The Kier molecular flexibility index (Phi) is 7.81. The average molecular weight is 429 g/mol. The Morgan fingerprint density at radius 1 is 1.10 bits per heavy atom. The number of carbonyl (C=O) groups is 1. The normalized spacial score (nSPS) is 12.4. The van der Waals surface area contributed by atoms with Gasteiger partial charge >= 0.3 is 6.09 Å². The van der Waals surface area contributed by atoms with Gasteiger partial charge in [-0.15, -0.1) is 0 Å². The highest BCUT2D eigenvalue weighted by molar-refractivity contribution is 5.81. The van der Waals surface area contributed by atoms with Crippen molar-refractivity contribution in [2.45, 2.75) is 39.5 Å². The van der Waals surface area contributed by atoms with E-state index in [0.29, 0.717) is 44.4 Å². The second-order valence-electron chi connectivity index (χ2n) is 7.52. The molecule has 0 spiro atoms. The molecule has 1 aromatic carbocycles. The Hall–Kier alpha value is -2.71. The summed E-state index contributed by atoms with van der Waals surface area (Å²) in [6, 6.07) is 7.78. The van der Waals surface area contributed by atoms with Crippen molar-refractivity contribution in [1.29, 1.82) is 0 Å². The number of methoxy groups -OCH3 is 2. The summed E-state index contributed by atoms with van der Waals surface area (Å²) < 4.78 is 18.2. The first-order valence-corrected chi connectivity index (χ1v) is 10.8. The topological polar surface area (TPSA) is 78.2 Å². The summed E-state index contributed by atoms with van der Waals surface area (Å²) in [5, 5.41) is 0. The van der Waals surface area contributed by atoms with Gasteiger partial charge in [0.2, 0.25) is 11.7 Å². The molecule has 1 unspecified atom stereocenters. The molecule has 2 heterocycles. The minimum Gasteiger partial charge on any atom is -0.392 e. The third kappa shape index (κ3) is 4.80. The van der Waals surface area contributed by atoms with Crippen LogP contribution in [0.4, 0.5) is 4.79 Å². The predicted molar refractivity (Wildman–Crippen MR) is 120 cm³/mol. The second-order valence-corrected chi connectivity index (χ2v) is 7.52. The number of carbonyl (C=O) groups excluding carboxylic acids is 1. The maximum atomic E-state index is 13.2. The van der Waals surface area contributed by atoms with E-state index in [1.807, 2.05) is 28.7 Å². The van der Waals surface area contributed by atoms with Crippen LogP contribution < -0.4 is 4.74 Å². The molecule has 0 saturated heterocycles. The van der Waals surface area contributed by atoms with Gasteiger partial charge < -0.3 is 19.1 Å². The van der Waals surface area contributed by atoms with E-state index in [2.05, 4.69) is 25.8 Å². The van der Waals surface area contributed by atoms with Crippen molar-refractivity contribution in [3.63, 3.8) is 0 Å². The number of fused-ring (bicyclic) bond motifs is 3. The first kappa shape index (κ1) is 23.0. The highest BCUT2D eigenvalue weighted by Gasteiger charge is 2.25. The lowest BCUT2D eigenvalue weighted by Crippen LogP contribution is -2.39. The Morgan fingerprint density at radius 2 is 1.77 bits per heavy atom. The molecule has 1 amide bonds. The van der Waals surface area contributed by atoms with E-state index in [9.17, 15) is 4.79 Å². The Labute approximate surface area is 183 Å².